The van der Waals surface area contributed by atoms with Gasteiger partial charge in [-0.25, -0.2) is 0 Å². The molecule has 1 aliphatic rings. The Morgan fingerprint density at radius 3 is 2.80 bits per heavy atom. The summed E-state index contributed by atoms with van der Waals surface area (Å²) in [7, 11) is 0. The van der Waals surface area contributed by atoms with Crippen LogP contribution in [0.1, 0.15) is 50.3 Å². The lowest BCUT2D eigenvalue weighted by Gasteiger charge is -2.35. The van der Waals surface area contributed by atoms with Gasteiger partial charge in [0.2, 0.25) is 5.91 Å². The molecule has 0 aromatic carbocycles. The standard InChI is InChI=1S/C10H19IN2O2/c1-9(2)5-7(12-8(14)6-11)10(3,4)13(9)15/h7,15H,5-6H2,1-4H3,(H,12,14)/i1D3,2D3,3D3,4D3. The smallest absolute Gasteiger partial charge is 0.230 e. The molecule has 0 aliphatic carbocycles. The zero-order valence-corrected chi connectivity index (χ0v) is 9.83. The van der Waals surface area contributed by atoms with Crippen LogP contribution in [0.3, 0.4) is 0 Å². The van der Waals surface area contributed by atoms with Crippen LogP contribution in [0.25, 0.3) is 0 Å². The molecule has 0 aromatic heterocycles. The van der Waals surface area contributed by atoms with Gasteiger partial charge in [-0.2, -0.15) is 5.06 Å². The zero-order chi connectivity index (χ0) is 21.9. The van der Waals surface area contributed by atoms with E-state index in [4.69, 9.17) is 16.4 Å². The number of nitrogens with zero attached hydrogens (tertiary/aromatic N) is 1. The van der Waals surface area contributed by atoms with E-state index in [1.54, 1.807) is 22.6 Å². The summed E-state index contributed by atoms with van der Waals surface area (Å²) < 4.78 is 92.1. The highest BCUT2D eigenvalue weighted by molar-refractivity contribution is 14.1. The van der Waals surface area contributed by atoms with Gasteiger partial charge in [-0.3, -0.25) is 4.79 Å². The molecule has 1 saturated heterocycles. The number of carbonyl (C=O) groups is 1. The maximum atomic E-state index is 11.9. The largest absolute Gasteiger partial charge is 0.351 e. The van der Waals surface area contributed by atoms with E-state index in [2.05, 4.69) is 5.32 Å². The molecule has 5 heteroatoms. The summed E-state index contributed by atoms with van der Waals surface area (Å²) in [5, 5.41) is 12.2. The van der Waals surface area contributed by atoms with Crippen molar-refractivity contribution in [2.45, 2.75) is 50.9 Å². The molecule has 0 radical (unpaired) electrons. The molecule has 0 aromatic rings. The maximum Gasteiger partial charge on any atom is 0.230 e. The fourth-order valence-electron chi connectivity index (χ4n) is 1.37. The van der Waals surface area contributed by atoms with Crippen LogP contribution in [0.4, 0.5) is 0 Å². The highest BCUT2D eigenvalue weighted by Gasteiger charge is 2.51. The minimum atomic E-state index is -3.57. The van der Waals surface area contributed by atoms with Gasteiger partial charge in [0.25, 0.3) is 0 Å². The van der Waals surface area contributed by atoms with Gasteiger partial charge in [0.1, 0.15) is 0 Å². The third-order valence-corrected chi connectivity index (χ3v) is 2.85. The molecule has 15 heavy (non-hydrogen) atoms. The lowest BCUT2D eigenvalue weighted by molar-refractivity contribution is -0.194. The second-order valence-electron chi connectivity index (χ2n) is 3.40. The van der Waals surface area contributed by atoms with E-state index in [-0.39, 0.29) is 4.43 Å². The first-order valence-electron chi connectivity index (χ1n) is 10.1. The van der Waals surface area contributed by atoms with Crippen molar-refractivity contribution in [3.63, 3.8) is 0 Å². The summed E-state index contributed by atoms with van der Waals surface area (Å²) in [4.78, 5) is 11.9. The first-order valence-corrected chi connectivity index (χ1v) is 5.59. The number of rotatable bonds is 2. The van der Waals surface area contributed by atoms with E-state index in [1.807, 2.05) is 0 Å². The van der Waals surface area contributed by atoms with E-state index in [0.717, 1.165) is 0 Å². The summed E-state index contributed by atoms with van der Waals surface area (Å²) in [5.74, 6) is -0.834. The first kappa shape index (κ1) is 4.10. The fraction of sp³-hybridized carbons (Fsp3) is 0.900. The van der Waals surface area contributed by atoms with Crippen LogP contribution in [0.5, 0.6) is 0 Å². The second-order valence-corrected chi connectivity index (χ2v) is 4.16. The van der Waals surface area contributed by atoms with Crippen molar-refractivity contribution in [1.29, 1.82) is 0 Å². The fourth-order valence-corrected chi connectivity index (χ4v) is 1.59. The summed E-state index contributed by atoms with van der Waals surface area (Å²) >= 11 is 1.61. The van der Waals surface area contributed by atoms with Crippen LogP contribution < -0.4 is 5.32 Å². The van der Waals surface area contributed by atoms with Crippen molar-refractivity contribution in [3.8, 4) is 0 Å². The topological polar surface area (TPSA) is 52.6 Å². The number of halogens is 1. The average Bonchev–Trinajstić information content (AvgIpc) is 2.67. The molecule has 1 unspecified atom stereocenters. The molecule has 0 spiro atoms. The van der Waals surface area contributed by atoms with Gasteiger partial charge in [0.05, 0.1) is 16.0 Å². The molecule has 1 aliphatic heterocycles. The summed E-state index contributed by atoms with van der Waals surface area (Å²) in [6, 6.07) is -1.99. The minimum Gasteiger partial charge on any atom is -0.351 e. The Bertz CT molecular complexity index is 553. The lowest BCUT2D eigenvalue weighted by atomic mass is 9.94. The van der Waals surface area contributed by atoms with Crippen LogP contribution in [-0.4, -0.2) is 37.7 Å². The summed E-state index contributed by atoms with van der Waals surface area (Å²) in [6.07, 6.45) is -1.13. The zero-order valence-electron chi connectivity index (χ0n) is 19.7. The van der Waals surface area contributed by atoms with Crippen molar-refractivity contribution in [2.24, 2.45) is 0 Å². The highest BCUT2D eigenvalue weighted by atomic mass is 127. The molecule has 1 rings (SSSR count). The maximum absolute atomic E-state index is 11.9. The van der Waals surface area contributed by atoms with E-state index in [9.17, 15) is 10.0 Å². The van der Waals surface area contributed by atoms with Crippen molar-refractivity contribution in [1.82, 2.24) is 10.4 Å². The molecule has 1 fully saturated rings. The van der Waals surface area contributed by atoms with Crippen molar-refractivity contribution in [3.05, 3.63) is 0 Å². The predicted molar refractivity (Wildman–Crippen MR) is 67.2 cm³/mol. The second kappa shape index (κ2) is 4.18. The van der Waals surface area contributed by atoms with Gasteiger partial charge in [-0.1, -0.05) is 22.6 Å². The predicted octanol–water partition coefficient (Wildman–Crippen LogP) is 1.56. The third-order valence-electron chi connectivity index (χ3n) is 2.16. The van der Waals surface area contributed by atoms with Crippen LogP contribution in [0.2, 0.25) is 0 Å². The molecule has 0 saturated carbocycles. The molecule has 4 nitrogen and oxygen atoms in total. The average molecular weight is 338 g/mol. The van der Waals surface area contributed by atoms with Gasteiger partial charge >= 0.3 is 0 Å². The Kier molecular flexibility index (Phi) is 1.14. The Labute approximate surface area is 121 Å². The van der Waals surface area contributed by atoms with E-state index in [0.29, 0.717) is 0 Å². The molecule has 0 bridgehead atoms. The van der Waals surface area contributed by atoms with Gasteiger partial charge in [0.15, 0.2) is 0 Å². The molecule has 88 valence electrons. The van der Waals surface area contributed by atoms with E-state index >= 15 is 0 Å². The summed E-state index contributed by atoms with van der Waals surface area (Å²) in [5.41, 5.74) is -6.56. The molecule has 1 amide bonds. The van der Waals surface area contributed by atoms with Crippen molar-refractivity contribution >= 4 is 28.5 Å². The minimum absolute atomic E-state index is 0.230. The van der Waals surface area contributed by atoms with Crippen LogP contribution in [0.15, 0.2) is 0 Å². The Balaban J connectivity index is 3.94. The van der Waals surface area contributed by atoms with Gasteiger partial charge in [-0.05, 0) is 33.8 Å². The Hall–Kier alpha value is 0.120. The van der Waals surface area contributed by atoms with E-state index in [1.165, 1.54) is 0 Å². The number of nitrogens with one attached hydrogen (secondary N) is 1. The monoisotopic (exact) mass is 338 g/mol. The van der Waals surface area contributed by atoms with Gasteiger partial charge in [-0.15, -0.1) is 0 Å². The van der Waals surface area contributed by atoms with Crippen molar-refractivity contribution < 1.29 is 26.5 Å². The first-order chi connectivity index (χ1) is 11.7. The summed E-state index contributed by atoms with van der Waals surface area (Å²) in [6.45, 7) is -14.2. The molecular formula is C10H19IN2O2. The number of alkyl halides is 1. The number of hydroxylamine groups is 2. The Morgan fingerprint density at radius 1 is 1.67 bits per heavy atom. The Morgan fingerprint density at radius 2 is 2.33 bits per heavy atom. The van der Waals surface area contributed by atoms with Crippen molar-refractivity contribution in [2.75, 3.05) is 4.43 Å². The number of hydrogen-bond acceptors (Lipinski definition) is 3. The normalized spacial score (nSPS) is 44.3. The molecular weight excluding hydrogens is 307 g/mol. The highest BCUT2D eigenvalue weighted by Crippen LogP contribution is 2.38. The number of hydrogen-bond donors (Lipinski definition) is 2. The van der Waals surface area contributed by atoms with E-state index < -0.39 is 61.9 Å². The number of amides is 1. The quantitative estimate of drug-likeness (QED) is 0.594. The van der Waals surface area contributed by atoms with Crippen LogP contribution >= 0.6 is 22.6 Å². The number of carbonyl (C=O) groups excluding carboxylic acids is 1. The van der Waals surface area contributed by atoms with Gasteiger partial charge in [0, 0.05) is 22.0 Å². The lowest BCUT2D eigenvalue weighted by Crippen LogP contribution is -2.53. The SMILES string of the molecule is [2H]C([2H])([2H])C1(C([2H])([2H])[2H])CC(NC(=O)CI)C(C([2H])([2H])[2H])(C([2H])([2H])[2H])N1O. The molecule has 1 heterocycles. The third kappa shape index (κ3) is 2.45. The van der Waals surface area contributed by atoms with Gasteiger partial charge < -0.3 is 10.5 Å². The molecule has 1 atom stereocenters. The molecule has 2 N–H and O–H groups in total. The van der Waals surface area contributed by atoms with Crippen LogP contribution in [0, 0.1) is 0 Å². The van der Waals surface area contributed by atoms with Crippen LogP contribution in [-0.2, 0) is 4.79 Å².